The molecule has 1 heterocycles. The van der Waals surface area contributed by atoms with Crippen molar-refractivity contribution in [2.75, 3.05) is 6.26 Å². The van der Waals surface area contributed by atoms with E-state index in [4.69, 9.17) is 4.42 Å². The van der Waals surface area contributed by atoms with E-state index in [9.17, 15) is 23.1 Å². The van der Waals surface area contributed by atoms with Crippen molar-refractivity contribution < 1.29 is 22.7 Å². The lowest BCUT2D eigenvalue weighted by Gasteiger charge is -2.00. The van der Waals surface area contributed by atoms with Gasteiger partial charge in [-0.25, -0.2) is 13.2 Å². The molecule has 0 aliphatic heterocycles. The Bertz CT molecular complexity index is 934. The molecule has 2 rings (SSSR count). The second-order valence-electron chi connectivity index (χ2n) is 4.94. The number of sulfone groups is 1. The smallest absolute Gasteiger partial charge is 0.351 e. The molecule has 23 heavy (non-hydrogen) atoms. The molecule has 0 fully saturated rings. The van der Waals surface area contributed by atoms with E-state index >= 15 is 0 Å². The fraction of sp³-hybridized carbons (Fsp3) is 0.125. The molecule has 120 valence electrons. The molecule has 6 nitrogen and oxygen atoms in total. The maximum Gasteiger partial charge on any atom is 0.351 e. The van der Waals surface area contributed by atoms with Crippen molar-refractivity contribution in [3.05, 3.63) is 63.7 Å². The summed E-state index contributed by atoms with van der Waals surface area (Å²) < 4.78 is 27.5. The van der Waals surface area contributed by atoms with Gasteiger partial charge in [-0.2, -0.15) is 0 Å². The molecule has 0 atom stereocenters. The zero-order valence-electron chi connectivity index (χ0n) is 12.4. The molecule has 0 aliphatic rings. The predicted molar refractivity (Wildman–Crippen MR) is 84.3 cm³/mol. The van der Waals surface area contributed by atoms with Gasteiger partial charge in [0, 0.05) is 12.3 Å². The van der Waals surface area contributed by atoms with Gasteiger partial charge in [-0.1, -0.05) is 18.2 Å². The van der Waals surface area contributed by atoms with E-state index in [0.717, 1.165) is 12.3 Å². The molecule has 0 saturated carbocycles. The van der Waals surface area contributed by atoms with Gasteiger partial charge in [0.15, 0.2) is 15.6 Å². The van der Waals surface area contributed by atoms with Crippen LogP contribution >= 0.6 is 0 Å². The maximum absolute atomic E-state index is 12.0. The average molecular weight is 334 g/mol. The van der Waals surface area contributed by atoms with Crippen molar-refractivity contribution in [3.63, 3.8) is 0 Å². The van der Waals surface area contributed by atoms with Crippen LogP contribution in [0.4, 0.5) is 0 Å². The summed E-state index contributed by atoms with van der Waals surface area (Å²) in [5.74, 6) is -0.950. The molecule has 2 aromatic rings. The van der Waals surface area contributed by atoms with E-state index in [-0.39, 0.29) is 10.7 Å². The van der Waals surface area contributed by atoms with Crippen molar-refractivity contribution in [1.82, 2.24) is 0 Å². The van der Waals surface area contributed by atoms with Crippen molar-refractivity contribution in [2.24, 2.45) is 0 Å². The van der Waals surface area contributed by atoms with Crippen LogP contribution in [0.3, 0.4) is 0 Å². The Morgan fingerprint density at radius 3 is 2.35 bits per heavy atom. The highest BCUT2D eigenvalue weighted by Gasteiger charge is 2.15. The van der Waals surface area contributed by atoms with Crippen molar-refractivity contribution in [2.45, 2.75) is 11.8 Å². The summed E-state index contributed by atoms with van der Waals surface area (Å²) in [6.07, 6.45) is 3.62. The predicted octanol–water partition coefficient (Wildman–Crippen LogP) is 1.95. The van der Waals surface area contributed by atoms with E-state index < -0.39 is 32.6 Å². The summed E-state index contributed by atoms with van der Waals surface area (Å²) in [5.41, 5.74) is -0.786. The molecule has 1 aromatic heterocycles. The first-order valence-corrected chi connectivity index (χ1v) is 8.44. The lowest BCUT2D eigenvalue weighted by atomic mass is 10.1. The third-order valence-electron chi connectivity index (χ3n) is 3.04. The molecule has 0 bridgehead atoms. The fourth-order valence-corrected chi connectivity index (χ4v) is 2.53. The Balaban J connectivity index is 2.27. The standard InChI is InChI=1S/C16H14O6S/c1-10-9-14(18)15(16(19)22-10)13(17)8-5-11-3-6-12(7-4-11)23(2,20)21/h3-9,18H,1-2H3. The SMILES string of the molecule is Cc1cc(O)c(C(=O)C=Cc2ccc(S(C)(=O)=O)cc2)c(=O)o1. The summed E-state index contributed by atoms with van der Waals surface area (Å²) in [4.78, 5) is 23.8. The Morgan fingerprint density at radius 2 is 1.83 bits per heavy atom. The number of aromatic hydroxyl groups is 1. The highest BCUT2D eigenvalue weighted by Crippen LogP contribution is 2.16. The first-order chi connectivity index (χ1) is 10.7. The van der Waals surface area contributed by atoms with Crippen LogP contribution in [-0.2, 0) is 9.84 Å². The van der Waals surface area contributed by atoms with Gasteiger partial charge in [0.1, 0.15) is 17.1 Å². The molecular formula is C16H14O6S. The second-order valence-corrected chi connectivity index (χ2v) is 6.96. The molecular weight excluding hydrogens is 320 g/mol. The minimum absolute atomic E-state index is 0.165. The number of hydrogen-bond donors (Lipinski definition) is 1. The number of allylic oxidation sites excluding steroid dienone is 1. The van der Waals surface area contributed by atoms with Gasteiger partial charge >= 0.3 is 5.63 Å². The second kappa shape index (κ2) is 6.21. The van der Waals surface area contributed by atoms with Crippen LogP contribution in [0.5, 0.6) is 5.75 Å². The van der Waals surface area contributed by atoms with Gasteiger partial charge in [0.25, 0.3) is 0 Å². The summed E-state index contributed by atoms with van der Waals surface area (Å²) in [6, 6.07) is 7.06. The van der Waals surface area contributed by atoms with E-state index in [2.05, 4.69) is 0 Å². The summed E-state index contributed by atoms with van der Waals surface area (Å²) in [6.45, 7) is 1.48. The van der Waals surface area contributed by atoms with Crippen LogP contribution in [-0.4, -0.2) is 25.6 Å². The van der Waals surface area contributed by atoms with E-state index in [1.54, 1.807) is 0 Å². The van der Waals surface area contributed by atoms with Crippen molar-refractivity contribution >= 4 is 21.7 Å². The van der Waals surface area contributed by atoms with Gasteiger partial charge < -0.3 is 9.52 Å². The summed E-state index contributed by atoms with van der Waals surface area (Å²) in [7, 11) is -3.29. The summed E-state index contributed by atoms with van der Waals surface area (Å²) in [5, 5.41) is 9.68. The lowest BCUT2D eigenvalue weighted by molar-refractivity contribution is 0.104. The highest BCUT2D eigenvalue weighted by molar-refractivity contribution is 7.90. The van der Waals surface area contributed by atoms with Crippen LogP contribution in [0.1, 0.15) is 21.7 Å². The van der Waals surface area contributed by atoms with Gasteiger partial charge in [0.05, 0.1) is 4.90 Å². The maximum atomic E-state index is 12.0. The number of hydrogen-bond acceptors (Lipinski definition) is 6. The zero-order chi connectivity index (χ0) is 17.2. The van der Waals surface area contributed by atoms with Gasteiger partial charge in [-0.3, -0.25) is 4.79 Å². The Morgan fingerprint density at radius 1 is 1.22 bits per heavy atom. The topological polar surface area (TPSA) is 102 Å². The molecule has 1 aromatic carbocycles. The largest absolute Gasteiger partial charge is 0.507 e. The Labute approximate surface area is 132 Å². The Hall–Kier alpha value is -2.67. The molecule has 0 amide bonds. The number of rotatable bonds is 4. The van der Waals surface area contributed by atoms with Crippen molar-refractivity contribution in [3.8, 4) is 5.75 Å². The van der Waals surface area contributed by atoms with Gasteiger partial charge in [-0.05, 0) is 30.7 Å². The number of ketones is 1. The van der Waals surface area contributed by atoms with E-state index in [0.29, 0.717) is 5.56 Å². The van der Waals surface area contributed by atoms with Crippen LogP contribution in [0, 0.1) is 6.92 Å². The minimum Gasteiger partial charge on any atom is -0.507 e. The Kier molecular flexibility index (Phi) is 4.51. The molecule has 0 aliphatic carbocycles. The van der Waals surface area contributed by atoms with E-state index in [1.807, 2.05) is 0 Å². The van der Waals surface area contributed by atoms with Gasteiger partial charge in [-0.15, -0.1) is 0 Å². The van der Waals surface area contributed by atoms with Gasteiger partial charge in [0.2, 0.25) is 0 Å². The number of carbonyl (C=O) groups excluding carboxylic acids is 1. The van der Waals surface area contributed by atoms with Crippen molar-refractivity contribution in [1.29, 1.82) is 0 Å². The third-order valence-corrected chi connectivity index (χ3v) is 4.16. The first-order valence-electron chi connectivity index (χ1n) is 6.55. The van der Waals surface area contributed by atoms with Crippen LogP contribution in [0.2, 0.25) is 0 Å². The number of aryl methyl sites for hydroxylation is 1. The molecule has 0 radical (unpaired) electrons. The highest BCUT2D eigenvalue weighted by atomic mass is 32.2. The number of carbonyl (C=O) groups is 1. The first kappa shape index (κ1) is 16.7. The molecule has 7 heteroatoms. The van der Waals surface area contributed by atoms with E-state index in [1.165, 1.54) is 43.3 Å². The lowest BCUT2D eigenvalue weighted by Crippen LogP contribution is -2.12. The molecule has 1 N–H and O–H groups in total. The molecule has 0 unspecified atom stereocenters. The monoisotopic (exact) mass is 334 g/mol. The summed E-state index contributed by atoms with van der Waals surface area (Å²) >= 11 is 0. The molecule has 0 saturated heterocycles. The zero-order valence-corrected chi connectivity index (χ0v) is 13.3. The third kappa shape index (κ3) is 3.95. The van der Waals surface area contributed by atoms with Crippen LogP contribution < -0.4 is 5.63 Å². The average Bonchev–Trinajstić information content (AvgIpc) is 2.43. The fourth-order valence-electron chi connectivity index (χ4n) is 1.90. The van der Waals surface area contributed by atoms with Crippen LogP contribution in [0.25, 0.3) is 6.08 Å². The molecule has 0 spiro atoms. The van der Waals surface area contributed by atoms with Crippen LogP contribution in [0.15, 0.2) is 50.5 Å². The quantitative estimate of drug-likeness (QED) is 0.677. The normalized spacial score (nSPS) is 11.7. The number of benzene rings is 1. The minimum atomic E-state index is -3.29.